The number of methoxy groups -OCH3 is 1. The minimum Gasteiger partial charge on any atom is -0.468 e. The normalized spacial score (nSPS) is 10.5. The summed E-state index contributed by atoms with van der Waals surface area (Å²) in [6, 6.07) is 7.89. The van der Waals surface area contributed by atoms with Crippen LogP contribution in [0.3, 0.4) is 0 Å². The van der Waals surface area contributed by atoms with E-state index in [9.17, 15) is 13.6 Å². The maximum atomic E-state index is 12.2. The third-order valence-corrected chi connectivity index (χ3v) is 3.40. The molecule has 118 valence electrons. The highest BCUT2D eigenvalue weighted by atomic mass is 32.1. The molecule has 0 atom stereocenters. The Morgan fingerprint density at radius 3 is 2.64 bits per heavy atom. The van der Waals surface area contributed by atoms with E-state index in [1.165, 1.54) is 18.6 Å². The Labute approximate surface area is 129 Å². The summed E-state index contributed by atoms with van der Waals surface area (Å²) in [5.41, 5.74) is 0.506. The summed E-state index contributed by atoms with van der Waals surface area (Å²) in [5.74, 6) is -0.0774. The van der Waals surface area contributed by atoms with E-state index >= 15 is 0 Å². The van der Waals surface area contributed by atoms with Crippen molar-refractivity contribution < 1.29 is 27.8 Å². The summed E-state index contributed by atoms with van der Waals surface area (Å²) in [6.45, 7) is -2.85. The quantitative estimate of drug-likeness (QED) is 0.789. The molecule has 0 spiro atoms. The van der Waals surface area contributed by atoms with Gasteiger partial charge in [-0.15, -0.1) is 11.3 Å². The van der Waals surface area contributed by atoms with Crippen molar-refractivity contribution >= 4 is 22.9 Å². The number of anilines is 1. The Bertz CT molecular complexity index is 616. The van der Waals surface area contributed by atoms with Gasteiger partial charge in [-0.2, -0.15) is 8.78 Å². The predicted molar refractivity (Wildman–Crippen MR) is 77.9 cm³/mol. The molecule has 0 unspecified atom stereocenters. The number of carbonyl (C=O) groups is 1. The molecule has 1 aromatic heterocycles. The molecule has 1 amide bonds. The van der Waals surface area contributed by atoms with Gasteiger partial charge in [0.05, 0.1) is 0 Å². The molecule has 1 heterocycles. The number of alkyl halides is 2. The second kappa shape index (κ2) is 7.71. The molecule has 0 saturated heterocycles. The summed E-state index contributed by atoms with van der Waals surface area (Å²) >= 11 is 1.02. The minimum atomic E-state index is -2.97. The molecule has 1 N–H and O–H groups in total. The molecule has 2 aromatic rings. The van der Waals surface area contributed by atoms with Crippen LogP contribution in [0, 0.1) is 0 Å². The van der Waals surface area contributed by atoms with Crippen LogP contribution in [0.2, 0.25) is 0 Å². The number of hydrogen-bond donors (Lipinski definition) is 1. The van der Waals surface area contributed by atoms with E-state index in [1.54, 1.807) is 24.3 Å². The number of halogens is 2. The maximum absolute atomic E-state index is 12.2. The van der Waals surface area contributed by atoms with E-state index in [2.05, 4.69) is 10.1 Å². The fraction of sp³-hybridized carbons (Fsp3) is 0.214. The van der Waals surface area contributed by atoms with Crippen molar-refractivity contribution in [2.24, 2.45) is 0 Å². The van der Waals surface area contributed by atoms with Crippen LogP contribution in [0.5, 0.6) is 11.5 Å². The van der Waals surface area contributed by atoms with E-state index in [-0.39, 0.29) is 17.4 Å². The number of nitrogens with one attached hydrogen (secondary N) is 1. The van der Waals surface area contributed by atoms with Gasteiger partial charge in [0, 0.05) is 12.8 Å². The maximum Gasteiger partial charge on any atom is 0.387 e. The fourth-order valence-electron chi connectivity index (χ4n) is 1.60. The molecule has 0 radical (unpaired) electrons. The summed E-state index contributed by atoms with van der Waals surface area (Å²) < 4.78 is 38.8. The molecule has 5 nitrogen and oxygen atoms in total. The van der Waals surface area contributed by atoms with Crippen molar-refractivity contribution in [3.8, 4) is 11.5 Å². The van der Waals surface area contributed by atoms with E-state index < -0.39 is 12.5 Å². The zero-order chi connectivity index (χ0) is 15.9. The van der Waals surface area contributed by atoms with Gasteiger partial charge in [-0.05, 0) is 35.7 Å². The lowest BCUT2D eigenvalue weighted by molar-refractivity contribution is -0.0498. The molecule has 0 bridgehead atoms. The van der Waals surface area contributed by atoms with Crippen LogP contribution in [-0.4, -0.2) is 26.4 Å². The van der Waals surface area contributed by atoms with Crippen LogP contribution < -0.4 is 14.8 Å². The van der Waals surface area contributed by atoms with Gasteiger partial charge in [-0.1, -0.05) is 0 Å². The largest absolute Gasteiger partial charge is 0.468 e. The van der Waals surface area contributed by atoms with E-state index in [0.29, 0.717) is 11.4 Å². The highest BCUT2D eigenvalue weighted by molar-refractivity contribution is 7.12. The Balaban J connectivity index is 2.01. The van der Waals surface area contributed by atoms with E-state index in [1.807, 2.05) is 0 Å². The van der Waals surface area contributed by atoms with Gasteiger partial charge in [0.1, 0.15) is 16.4 Å². The van der Waals surface area contributed by atoms with Gasteiger partial charge in [-0.25, -0.2) is 0 Å². The van der Waals surface area contributed by atoms with Gasteiger partial charge >= 0.3 is 6.61 Å². The van der Waals surface area contributed by atoms with Crippen molar-refractivity contribution in [1.82, 2.24) is 0 Å². The zero-order valence-corrected chi connectivity index (χ0v) is 12.4. The van der Waals surface area contributed by atoms with Crippen LogP contribution >= 0.6 is 11.3 Å². The number of hydrogen-bond acceptors (Lipinski definition) is 5. The minimum absolute atomic E-state index is 0.0833. The number of ether oxygens (including phenoxy) is 3. The highest BCUT2D eigenvalue weighted by Gasteiger charge is 2.17. The van der Waals surface area contributed by atoms with Crippen molar-refractivity contribution in [1.29, 1.82) is 0 Å². The average Bonchev–Trinajstić information content (AvgIpc) is 2.94. The van der Waals surface area contributed by atoms with E-state index in [0.717, 1.165) is 11.3 Å². The Kier molecular flexibility index (Phi) is 5.68. The molecular formula is C14H13F2NO4S. The van der Waals surface area contributed by atoms with Gasteiger partial charge in [0.25, 0.3) is 5.91 Å². The van der Waals surface area contributed by atoms with Gasteiger partial charge < -0.3 is 19.5 Å². The molecule has 0 fully saturated rings. The molecule has 0 aliphatic carbocycles. The Hall–Kier alpha value is -2.19. The molecule has 0 aliphatic heterocycles. The first-order chi connectivity index (χ1) is 10.6. The third kappa shape index (κ3) is 4.40. The summed E-state index contributed by atoms with van der Waals surface area (Å²) in [4.78, 5) is 12.1. The van der Waals surface area contributed by atoms with Crippen LogP contribution in [0.15, 0.2) is 35.7 Å². The standard InChI is InChI=1S/C14H13F2NO4S/c1-19-8-20-10-4-2-9(3-5-10)17-13(18)12-11(6-7-22-12)21-14(15)16/h2-7,14H,8H2,1H3,(H,17,18). The van der Waals surface area contributed by atoms with Crippen LogP contribution in [0.25, 0.3) is 0 Å². The van der Waals surface area contributed by atoms with Crippen LogP contribution in [0.1, 0.15) is 9.67 Å². The van der Waals surface area contributed by atoms with Gasteiger partial charge in [0.2, 0.25) is 0 Å². The lowest BCUT2D eigenvalue weighted by atomic mass is 10.3. The smallest absolute Gasteiger partial charge is 0.387 e. The van der Waals surface area contributed by atoms with Crippen LogP contribution in [0.4, 0.5) is 14.5 Å². The number of benzene rings is 1. The zero-order valence-electron chi connectivity index (χ0n) is 11.5. The van der Waals surface area contributed by atoms with Crippen molar-refractivity contribution in [2.75, 3.05) is 19.2 Å². The average molecular weight is 329 g/mol. The first-order valence-electron chi connectivity index (χ1n) is 6.15. The highest BCUT2D eigenvalue weighted by Crippen LogP contribution is 2.27. The lowest BCUT2D eigenvalue weighted by Gasteiger charge is -2.08. The predicted octanol–water partition coefficient (Wildman–Crippen LogP) is 3.58. The molecule has 22 heavy (non-hydrogen) atoms. The second-order valence-corrected chi connectivity index (χ2v) is 4.94. The number of amides is 1. The van der Waals surface area contributed by atoms with Crippen molar-refractivity contribution in [3.05, 3.63) is 40.6 Å². The SMILES string of the molecule is COCOc1ccc(NC(=O)c2sccc2OC(F)F)cc1. The monoisotopic (exact) mass is 329 g/mol. The fourth-order valence-corrected chi connectivity index (χ4v) is 2.32. The lowest BCUT2D eigenvalue weighted by Crippen LogP contribution is -2.13. The first kappa shape index (κ1) is 16.2. The van der Waals surface area contributed by atoms with Gasteiger partial charge in [0.15, 0.2) is 6.79 Å². The summed E-state index contributed by atoms with van der Waals surface area (Å²) in [5, 5.41) is 4.11. The summed E-state index contributed by atoms with van der Waals surface area (Å²) in [6.07, 6.45) is 0. The van der Waals surface area contributed by atoms with Crippen molar-refractivity contribution in [3.63, 3.8) is 0 Å². The first-order valence-corrected chi connectivity index (χ1v) is 7.03. The molecule has 0 saturated carbocycles. The molecule has 0 aliphatic rings. The Morgan fingerprint density at radius 2 is 2.00 bits per heavy atom. The topological polar surface area (TPSA) is 56.8 Å². The third-order valence-electron chi connectivity index (χ3n) is 2.51. The second-order valence-electron chi connectivity index (χ2n) is 4.02. The molecule has 2 rings (SSSR count). The number of thiophene rings is 1. The molecule has 1 aromatic carbocycles. The van der Waals surface area contributed by atoms with Crippen molar-refractivity contribution in [2.45, 2.75) is 6.61 Å². The number of carbonyl (C=O) groups excluding carboxylic acids is 1. The number of rotatable bonds is 7. The van der Waals surface area contributed by atoms with Crippen LogP contribution in [-0.2, 0) is 4.74 Å². The Morgan fingerprint density at radius 1 is 1.27 bits per heavy atom. The summed E-state index contributed by atoms with van der Waals surface area (Å²) in [7, 11) is 1.51. The molecular weight excluding hydrogens is 316 g/mol. The van der Waals surface area contributed by atoms with E-state index in [4.69, 9.17) is 9.47 Å². The van der Waals surface area contributed by atoms with Gasteiger partial charge in [-0.3, -0.25) is 4.79 Å². The molecule has 8 heteroatoms.